The van der Waals surface area contributed by atoms with E-state index in [1.54, 1.807) is 0 Å². The van der Waals surface area contributed by atoms with E-state index in [2.05, 4.69) is 11.5 Å². The molecule has 0 atom stereocenters. The zero-order chi connectivity index (χ0) is 5.54. The van der Waals surface area contributed by atoms with Crippen molar-refractivity contribution >= 4 is 15.0 Å². The molecular formula is C4H14N2Se+2. The van der Waals surface area contributed by atoms with Gasteiger partial charge < -0.3 is 0 Å². The van der Waals surface area contributed by atoms with E-state index < -0.39 is 0 Å². The van der Waals surface area contributed by atoms with Crippen LogP contribution in [0.15, 0.2) is 0 Å². The van der Waals surface area contributed by atoms with Gasteiger partial charge >= 0.3 is 50.2 Å². The monoisotopic (exact) mass is 170 g/mol. The molecule has 3 heteroatoms. The molecule has 0 aliphatic rings. The number of rotatable bonds is 4. The van der Waals surface area contributed by atoms with Crippen molar-refractivity contribution in [1.29, 1.82) is 0 Å². The molecule has 2 nitrogen and oxygen atoms in total. The van der Waals surface area contributed by atoms with E-state index in [9.17, 15) is 0 Å². The van der Waals surface area contributed by atoms with Crippen molar-refractivity contribution in [3.8, 4) is 0 Å². The Labute approximate surface area is 50.8 Å². The fourth-order valence-electron chi connectivity index (χ4n) is 0.306. The van der Waals surface area contributed by atoms with Gasteiger partial charge in [0.2, 0.25) is 0 Å². The Hall–Kier alpha value is 0.439. The van der Waals surface area contributed by atoms with Gasteiger partial charge in [0, 0.05) is 0 Å². The predicted molar refractivity (Wildman–Crippen MR) is 30.9 cm³/mol. The molecule has 0 radical (unpaired) electrons. The Kier molecular flexibility index (Phi) is 6.84. The van der Waals surface area contributed by atoms with E-state index in [-0.39, 0.29) is 0 Å². The van der Waals surface area contributed by atoms with Crippen LogP contribution in [0.1, 0.15) is 0 Å². The summed E-state index contributed by atoms with van der Waals surface area (Å²) in [6.07, 6.45) is 0. The third kappa shape index (κ3) is 6.44. The molecule has 44 valence electrons. The second-order valence-corrected chi connectivity index (χ2v) is 3.89. The molecule has 0 saturated heterocycles. The summed E-state index contributed by atoms with van der Waals surface area (Å²) in [5.74, 6) is 0. The van der Waals surface area contributed by atoms with E-state index in [0.717, 1.165) is 28.0 Å². The summed E-state index contributed by atoms with van der Waals surface area (Å²) in [6, 6.07) is 0. The first-order chi connectivity index (χ1) is 3.41. The Bertz CT molecular complexity index is 28.9. The molecule has 0 aromatic rings. The van der Waals surface area contributed by atoms with Crippen molar-refractivity contribution in [1.82, 2.24) is 0 Å². The molecule has 0 spiro atoms. The molecule has 0 aromatic heterocycles. The Balaban J connectivity index is 2.45. The molecule has 0 unspecified atom stereocenters. The zero-order valence-electron chi connectivity index (χ0n) is 4.65. The van der Waals surface area contributed by atoms with E-state index >= 15 is 0 Å². The van der Waals surface area contributed by atoms with E-state index in [1.807, 2.05) is 0 Å². The van der Waals surface area contributed by atoms with Crippen molar-refractivity contribution in [3.63, 3.8) is 0 Å². The zero-order valence-corrected chi connectivity index (χ0v) is 6.36. The van der Waals surface area contributed by atoms with Gasteiger partial charge in [-0.25, -0.2) is 0 Å². The minimum atomic E-state index is 0.851. The van der Waals surface area contributed by atoms with Gasteiger partial charge in [0.1, 0.15) is 0 Å². The van der Waals surface area contributed by atoms with Crippen molar-refractivity contribution < 1.29 is 11.5 Å². The molecule has 0 bridgehead atoms. The SMILES string of the molecule is [NH3+]CC[Se]CC[NH3+]. The van der Waals surface area contributed by atoms with Crippen LogP contribution >= 0.6 is 0 Å². The normalized spacial score (nSPS) is 9.43. The van der Waals surface area contributed by atoms with Crippen LogP contribution in [0, 0.1) is 0 Å². The van der Waals surface area contributed by atoms with Crippen molar-refractivity contribution in [2.24, 2.45) is 0 Å². The summed E-state index contributed by atoms with van der Waals surface area (Å²) in [5.41, 5.74) is 7.51. The Morgan fingerprint density at radius 3 is 1.71 bits per heavy atom. The maximum atomic E-state index is 3.75. The third-order valence-corrected chi connectivity index (χ3v) is 3.00. The second kappa shape index (κ2) is 6.44. The fourth-order valence-corrected chi connectivity index (χ4v) is 1.59. The number of quaternary nitrogens is 2. The summed E-state index contributed by atoms with van der Waals surface area (Å²) in [5, 5.41) is 2.67. The van der Waals surface area contributed by atoms with Crippen LogP contribution in [0.5, 0.6) is 0 Å². The second-order valence-electron chi connectivity index (χ2n) is 1.32. The minimum absolute atomic E-state index is 0.851. The Morgan fingerprint density at radius 1 is 1.00 bits per heavy atom. The van der Waals surface area contributed by atoms with Crippen LogP contribution in [-0.2, 0) is 0 Å². The summed E-state index contributed by atoms with van der Waals surface area (Å²) in [6.45, 7) is 2.22. The third-order valence-electron chi connectivity index (χ3n) is 0.577. The summed E-state index contributed by atoms with van der Waals surface area (Å²) < 4.78 is 0. The van der Waals surface area contributed by atoms with Gasteiger partial charge in [0.05, 0.1) is 0 Å². The summed E-state index contributed by atoms with van der Waals surface area (Å²) in [7, 11) is 0. The van der Waals surface area contributed by atoms with Crippen LogP contribution < -0.4 is 11.5 Å². The van der Waals surface area contributed by atoms with Crippen LogP contribution in [0.4, 0.5) is 0 Å². The molecule has 0 fully saturated rings. The molecule has 0 heterocycles. The molecule has 0 aromatic carbocycles. The van der Waals surface area contributed by atoms with Gasteiger partial charge in [-0.3, -0.25) is 0 Å². The maximum absolute atomic E-state index is 3.75. The van der Waals surface area contributed by atoms with Gasteiger partial charge in [-0.2, -0.15) is 0 Å². The van der Waals surface area contributed by atoms with Gasteiger partial charge in [0.15, 0.2) is 0 Å². The van der Waals surface area contributed by atoms with Crippen molar-refractivity contribution in [3.05, 3.63) is 0 Å². The summed E-state index contributed by atoms with van der Waals surface area (Å²) in [4.78, 5) is 0. The van der Waals surface area contributed by atoms with Crippen LogP contribution in [0.2, 0.25) is 10.6 Å². The topological polar surface area (TPSA) is 55.3 Å². The van der Waals surface area contributed by atoms with E-state index in [1.165, 1.54) is 10.6 Å². The van der Waals surface area contributed by atoms with Crippen LogP contribution in [0.25, 0.3) is 0 Å². The van der Waals surface area contributed by atoms with Gasteiger partial charge in [-0.15, -0.1) is 0 Å². The quantitative estimate of drug-likeness (QED) is 0.361. The van der Waals surface area contributed by atoms with Crippen molar-refractivity contribution in [2.75, 3.05) is 13.1 Å². The molecule has 0 saturated carbocycles. The number of hydrogen-bond acceptors (Lipinski definition) is 0. The van der Waals surface area contributed by atoms with Crippen molar-refractivity contribution in [2.45, 2.75) is 10.6 Å². The first-order valence-corrected chi connectivity index (χ1v) is 5.00. The standard InChI is InChI=1S/C4H12N2Se/c5-1-3-7-4-2-6/h1-6H2/p+2. The molecule has 0 aliphatic heterocycles. The van der Waals surface area contributed by atoms with Crippen LogP contribution in [-0.4, -0.2) is 28.0 Å². The average Bonchev–Trinajstić information content (AvgIpc) is 1.69. The van der Waals surface area contributed by atoms with Gasteiger partial charge in [-0.1, -0.05) is 0 Å². The first kappa shape index (κ1) is 7.44. The molecule has 0 rings (SSSR count). The average molecular weight is 169 g/mol. The molecule has 6 N–H and O–H groups in total. The van der Waals surface area contributed by atoms with Gasteiger partial charge in [-0.05, 0) is 0 Å². The molecule has 7 heavy (non-hydrogen) atoms. The molecule has 0 amide bonds. The fraction of sp³-hybridized carbons (Fsp3) is 1.00. The van der Waals surface area contributed by atoms with Gasteiger partial charge in [0.25, 0.3) is 0 Å². The number of hydrogen-bond donors (Lipinski definition) is 2. The summed E-state index contributed by atoms with van der Waals surface area (Å²) >= 11 is 0.851. The predicted octanol–water partition coefficient (Wildman–Crippen LogP) is -1.99. The van der Waals surface area contributed by atoms with E-state index in [4.69, 9.17) is 0 Å². The van der Waals surface area contributed by atoms with E-state index in [0.29, 0.717) is 0 Å². The van der Waals surface area contributed by atoms with Crippen LogP contribution in [0.3, 0.4) is 0 Å². The first-order valence-electron chi connectivity index (χ1n) is 2.58. The molecular weight excluding hydrogens is 155 g/mol. The molecule has 0 aliphatic carbocycles. The Morgan fingerprint density at radius 2 is 1.43 bits per heavy atom.